The van der Waals surface area contributed by atoms with Crippen LogP contribution in [-0.2, 0) is 16.0 Å². The third kappa shape index (κ3) is 6.20. The molecule has 0 aromatic carbocycles. The van der Waals surface area contributed by atoms with Crippen LogP contribution < -0.4 is 11.1 Å². The molecule has 0 radical (unpaired) electrons. The second kappa shape index (κ2) is 7.66. The summed E-state index contributed by atoms with van der Waals surface area (Å²) >= 11 is 0. The lowest BCUT2D eigenvalue weighted by molar-refractivity contribution is -0.120. The smallest absolute Gasteiger partial charge is 0.226 e. The van der Waals surface area contributed by atoms with E-state index in [-0.39, 0.29) is 18.4 Å². The van der Waals surface area contributed by atoms with Crippen LogP contribution in [0.4, 0.5) is 5.69 Å². The number of nitrogens with one attached hydrogen (secondary N) is 1. The fraction of sp³-hybridized carbons (Fsp3) is 0.538. The highest BCUT2D eigenvalue weighted by Gasteiger charge is 2.03. The molecule has 3 N–H and O–H groups in total. The molecule has 5 nitrogen and oxygen atoms in total. The third-order valence-electron chi connectivity index (χ3n) is 2.28. The van der Waals surface area contributed by atoms with Gasteiger partial charge < -0.3 is 15.8 Å². The summed E-state index contributed by atoms with van der Waals surface area (Å²) in [4.78, 5) is 15.6. The van der Waals surface area contributed by atoms with Gasteiger partial charge in [0, 0.05) is 18.8 Å². The average Bonchev–Trinajstić information content (AvgIpc) is 2.31. The van der Waals surface area contributed by atoms with Crippen LogP contribution in [0.3, 0.4) is 0 Å². The minimum Gasteiger partial charge on any atom is -0.397 e. The molecule has 1 amide bonds. The standard InChI is InChI=1S/C13H21N3O2/c1-10(2)18-7-3-6-15-13(17)8-12-5-4-11(14)9-16-12/h4-5,9-10H,3,6-8,14H2,1-2H3,(H,15,17). The Labute approximate surface area is 108 Å². The number of nitrogens with two attached hydrogens (primary N) is 1. The van der Waals surface area contributed by atoms with Crippen molar-refractivity contribution in [2.45, 2.75) is 32.8 Å². The van der Waals surface area contributed by atoms with Crippen LogP contribution in [0.25, 0.3) is 0 Å². The number of hydrogen-bond donors (Lipinski definition) is 2. The summed E-state index contributed by atoms with van der Waals surface area (Å²) in [6.45, 7) is 5.27. The highest BCUT2D eigenvalue weighted by molar-refractivity contribution is 5.78. The zero-order valence-electron chi connectivity index (χ0n) is 11.0. The van der Waals surface area contributed by atoms with Crippen molar-refractivity contribution < 1.29 is 9.53 Å². The fourth-order valence-corrected chi connectivity index (χ4v) is 1.39. The highest BCUT2D eigenvalue weighted by atomic mass is 16.5. The van der Waals surface area contributed by atoms with Crippen molar-refractivity contribution in [1.82, 2.24) is 10.3 Å². The summed E-state index contributed by atoms with van der Waals surface area (Å²) in [7, 11) is 0. The number of amides is 1. The van der Waals surface area contributed by atoms with Gasteiger partial charge in [-0.3, -0.25) is 9.78 Å². The monoisotopic (exact) mass is 251 g/mol. The maximum atomic E-state index is 11.6. The van der Waals surface area contributed by atoms with E-state index in [1.807, 2.05) is 13.8 Å². The maximum Gasteiger partial charge on any atom is 0.226 e. The number of nitrogens with zero attached hydrogens (tertiary/aromatic N) is 1. The largest absolute Gasteiger partial charge is 0.397 e. The molecular formula is C13H21N3O2. The van der Waals surface area contributed by atoms with Crippen LogP contribution in [0.15, 0.2) is 18.3 Å². The molecule has 0 saturated heterocycles. The number of carbonyl (C=O) groups excluding carboxylic acids is 1. The van der Waals surface area contributed by atoms with Crippen LogP contribution in [0, 0.1) is 0 Å². The number of nitrogen functional groups attached to an aromatic ring is 1. The van der Waals surface area contributed by atoms with Crippen LogP contribution in [0.1, 0.15) is 26.0 Å². The van der Waals surface area contributed by atoms with E-state index in [1.165, 1.54) is 0 Å². The summed E-state index contributed by atoms with van der Waals surface area (Å²) in [5, 5.41) is 2.83. The van der Waals surface area contributed by atoms with Gasteiger partial charge in [0.15, 0.2) is 0 Å². The van der Waals surface area contributed by atoms with E-state index in [0.29, 0.717) is 18.8 Å². The van der Waals surface area contributed by atoms with E-state index < -0.39 is 0 Å². The second-order valence-electron chi connectivity index (χ2n) is 4.38. The predicted molar refractivity (Wildman–Crippen MR) is 71.1 cm³/mol. The topological polar surface area (TPSA) is 77.2 Å². The Balaban J connectivity index is 2.16. The van der Waals surface area contributed by atoms with Crippen molar-refractivity contribution in [3.05, 3.63) is 24.0 Å². The van der Waals surface area contributed by atoms with Crippen molar-refractivity contribution in [2.24, 2.45) is 0 Å². The first-order valence-corrected chi connectivity index (χ1v) is 6.16. The number of aromatic nitrogens is 1. The first-order chi connectivity index (χ1) is 8.58. The number of pyridine rings is 1. The normalized spacial score (nSPS) is 10.6. The van der Waals surface area contributed by atoms with E-state index in [2.05, 4.69) is 10.3 Å². The minimum absolute atomic E-state index is 0.0307. The highest BCUT2D eigenvalue weighted by Crippen LogP contribution is 2.01. The Morgan fingerprint density at radius 3 is 2.89 bits per heavy atom. The van der Waals surface area contributed by atoms with Gasteiger partial charge in [0.25, 0.3) is 0 Å². The van der Waals surface area contributed by atoms with Crippen molar-refractivity contribution in [2.75, 3.05) is 18.9 Å². The third-order valence-corrected chi connectivity index (χ3v) is 2.28. The number of rotatable bonds is 7. The predicted octanol–water partition coefficient (Wildman–Crippen LogP) is 1.14. The van der Waals surface area contributed by atoms with Gasteiger partial charge in [-0.25, -0.2) is 0 Å². The van der Waals surface area contributed by atoms with E-state index in [0.717, 1.165) is 12.1 Å². The van der Waals surface area contributed by atoms with Crippen molar-refractivity contribution >= 4 is 11.6 Å². The van der Waals surface area contributed by atoms with Gasteiger partial charge in [0.2, 0.25) is 5.91 Å². The molecule has 0 aliphatic carbocycles. The summed E-state index contributed by atoms with van der Waals surface area (Å²) in [5.74, 6) is -0.0307. The van der Waals surface area contributed by atoms with Crippen LogP contribution in [0.2, 0.25) is 0 Å². The lowest BCUT2D eigenvalue weighted by Crippen LogP contribution is -2.27. The van der Waals surface area contributed by atoms with E-state index >= 15 is 0 Å². The molecule has 1 aromatic heterocycles. The maximum absolute atomic E-state index is 11.6. The summed E-state index contributed by atoms with van der Waals surface area (Å²) in [5.41, 5.74) is 6.84. The Morgan fingerprint density at radius 1 is 1.50 bits per heavy atom. The number of ether oxygens (including phenoxy) is 1. The minimum atomic E-state index is -0.0307. The van der Waals surface area contributed by atoms with Crippen molar-refractivity contribution in [1.29, 1.82) is 0 Å². The molecule has 0 aliphatic rings. The van der Waals surface area contributed by atoms with E-state index in [9.17, 15) is 4.79 Å². The molecule has 18 heavy (non-hydrogen) atoms. The average molecular weight is 251 g/mol. The Hall–Kier alpha value is -1.62. The van der Waals surface area contributed by atoms with Gasteiger partial charge in [0.1, 0.15) is 0 Å². The van der Waals surface area contributed by atoms with Crippen LogP contribution in [-0.4, -0.2) is 30.1 Å². The second-order valence-corrected chi connectivity index (χ2v) is 4.38. The Kier molecular flexibility index (Phi) is 6.14. The van der Waals surface area contributed by atoms with Crippen LogP contribution >= 0.6 is 0 Å². The molecular weight excluding hydrogens is 230 g/mol. The summed E-state index contributed by atoms with van der Waals surface area (Å²) in [6.07, 6.45) is 2.89. The molecule has 100 valence electrons. The van der Waals surface area contributed by atoms with Gasteiger partial charge in [-0.05, 0) is 32.4 Å². The molecule has 0 bridgehead atoms. The van der Waals surface area contributed by atoms with E-state index in [1.54, 1.807) is 18.3 Å². The first-order valence-electron chi connectivity index (χ1n) is 6.16. The molecule has 1 rings (SSSR count). The summed E-state index contributed by atoms with van der Waals surface area (Å²) < 4.78 is 5.38. The summed E-state index contributed by atoms with van der Waals surface area (Å²) in [6, 6.07) is 3.50. The number of anilines is 1. The molecule has 0 saturated carbocycles. The first kappa shape index (κ1) is 14.4. The zero-order chi connectivity index (χ0) is 13.4. The lowest BCUT2D eigenvalue weighted by atomic mass is 10.2. The molecule has 0 atom stereocenters. The van der Waals surface area contributed by atoms with E-state index in [4.69, 9.17) is 10.5 Å². The van der Waals surface area contributed by atoms with Gasteiger partial charge in [0.05, 0.1) is 24.4 Å². The van der Waals surface area contributed by atoms with Crippen molar-refractivity contribution in [3.63, 3.8) is 0 Å². The molecule has 1 aromatic rings. The van der Waals surface area contributed by atoms with Gasteiger partial charge in [-0.1, -0.05) is 0 Å². The molecule has 0 aliphatic heterocycles. The van der Waals surface area contributed by atoms with Crippen LogP contribution in [0.5, 0.6) is 0 Å². The number of carbonyl (C=O) groups is 1. The molecule has 0 unspecified atom stereocenters. The molecule has 0 fully saturated rings. The van der Waals surface area contributed by atoms with Crippen molar-refractivity contribution in [3.8, 4) is 0 Å². The Morgan fingerprint density at radius 2 is 2.28 bits per heavy atom. The quantitative estimate of drug-likeness (QED) is 0.712. The SMILES string of the molecule is CC(C)OCCCNC(=O)Cc1ccc(N)cn1. The van der Waals surface area contributed by atoms with Gasteiger partial charge >= 0.3 is 0 Å². The molecule has 0 spiro atoms. The number of hydrogen-bond acceptors (Lipinski definition) is 4. The van der Waals surface area contributed by atoms with Gasteiger partial charge in [-0.2, -0.15) is 0 Å². The fourth-order valence-electron chi connectivity index (χ4n) is 1.39. The van der Waals surface area contributed by atoms with Gasteiger partial charge in [-0.15, -0.1) is 0 Å². The Bertz CT molecular complexity index is 363. The molecule has 1 heterocycles. The molecule has 5 heteroatoms. The lowest BCUT2D eigenvalue weighted by Gasteiger charge is -2.08. The zero-order valence-corrected chi connectivity index (χ0v) is 11.0.